The van der Waals surface area contributed by atoms with Gasteiger partial charge < -0.3 is 25.1 Å². The van der Waals surface area contributed by atoms with Crippen LogP contribution in [-0.2, 0) is 6.61 Å². The summed E-state index contributed by atoms with van der Waals surface area (Å²) in [5.41, 5.74) is 8.36. The Balaban J connectivity index is 1.92. The van der Waals surface area contributed by atoms with Gasteiger partial charge in [0.1, 0.15) is 19.0 Å². The highest BCUT2D eigenvalue weighted by Gasteiger charge is 2.27. The maximum Gasteiger partial charge on any atom is 0.410 e. The SMILES string of the molecule is COc1c(OCC(C)(N)CC(C)C)ccc2c1OCc1cnc(NC(=O)O)cc1-2. The summed E-state index contributed by atoms with van der Waals surface area (Å²) >= 11 is 0. The molecule has 8 heteroatoms. The molecule has 0 radical (unpaired) electrons. The lowest BCUT2D eigenvalue weighted by Crippen LogP contribution is -2.43. The molecule has 29 heavy (non-hydrogen) atoms. The Morgan fingerprint density at radius 2 is 2.17 bits per heavy atom. The lowest BCUT2D eigenvalue weighted by atomic mass is 9.93. The Bertz CT molecular complexity index is 911. The first kappa shape index (κ1) is 20.7. The van der Waals surface area contributed by atoms with Gasteiger partial charge >= 0.3 is 6.09 Å². The number of pyridine rings is 1. The largest absolute Gasteiger partial charge is 0.490 e. The Morgan fingerprint density at radius 3 is 2.83 bits per heavy atom. The molecule has 1 aromatic carbocycles. The molecule has 0 bridgehead atoms. The van der Waals surface area contributed by atoms with E-state index in [4.69, 9.17) is 25.1 Å². The van der Waals surface area contributed by atoms with Crippen LogP contribution in [0.15, 0.2) is 24.4 Å². The molecular weight excluding hydrogens is 374 g/mol. The number of aromatic nitrogens is 1. The summed E-state index contributed by atoms with van der Waals surface area (Å²) < 4.78 is 17.5. The highest BCUT2D eigenvalue weighted by molar-refractivity contribution is 5.85. The van der Waals surface area contributed by atoms with E-state index in [1.807, 2.05) is 19.1 Å². The smallest absolute Gasteiger partial charge is 0.410 e. The van der Waals surface area contributed by atoms with E-state index >= 15 is 0 Å². The van der Waals surface area contributed by atoms with Crippen molar-refractivity contribution in [1.29, 1.82) is 0 Å². The van der Waals surface area contributed by atoms with E-state index in [1.54, 1.807) is 19.4 Å². The van der Waals surface area contributed by atoms with Gasteiger partial charge in [-0.2, -0.15) is 0 Å². The van der Waals surface area contributed by atoms with Gasteiger partial charge in [0, 0.05) is 22.9 Å². The van der Waals surface area contributed by atoms with Crippen molar-refractivity contribution in [2.24, 2.45) is 11.7 Å². The fourth-order valence-corrected chi connectivity index (χ4v) is 3.62. The van der Waals surface area contributed by atoms with Crippen LogP contribution in [0.25, 0.3) is 11.1 Å². The lowest BCUT2D eigenvalue weighted by Gasteiger charge is -2.28. The van der Waals surface area contributed by atoms with Crippen molar-refractivity contribution < 1.29 is 24.1 Å². The van der Waals surface area contributed by atoms with Crippen molar-refractivity contribution in [3.05, 3.63) is 30.0 Å². The second-order valence-corrected chi connectivity index (χ2v) is 7.96. The van der Waals surface area contributed by atoms with Gasteiger partial charge in [0.25, 0.3) is 0 Å². The highest BCUT2D eigenvalue weighted by atomic mass is 16.5. The number of hydrogen-bond acceptors (Lipinski definition) is 6. The Labute approximate surface area is 170 Å². The van der Waals surface area contributed by atoms with Crippen molar-refractivity contribution in [3.63, 3.8) is 0 Å². The topological polar surface area (TPSA) is 116 Å². The summed E-state index contributed by atoms with van der Waals surface area (Å²) in [5, 5.41) is 11.2. The molecule has 0 saturated heterocycles. The van der Waals surface area contributed by atoms with Gasteiger partial charge in [-0.25, -0.2) is 9.78 Å². The van der Waals surface area contributed by atoms with Crippen molar-refractivity contribution >= 4 is 11.9 Å². The molecule has 0 saturated carbocycles. The van der Waals surface area contributed by atoms with E-state index in [2.05, 4.69) is 24.1 Å². The zero-order valence-electron chi connectivity index (χ0n) is 17.1. The second-order valence-electron chi connectivity index (χ2n) is 7.96. The summed E-state index contributed by atoms with van der Waals surface area (Å²) in [6.45, 7) is 6.85. The number of anilines is 1. The number of rotatable bonds is 7. The fraction of sp³-hybridized carbons (Fsp3) is 0.429. The summed E-state index contributed by atoms with van der Waals surface area (Å²) in [4.78, 5) is 15.0. The molecule has 1 aliphatic rings. The van der Waals surface area contributed by atoms with Gasteiger partial charge in [0.2, 0.25) is 5.75 Å². The number of nitrogens with one attached hydrogen (secondary N) is 1. The molecule has 1 unspecified atom stereocenters. The first-order valence-electron chi connectivity index (χ1n) is 9.45. The fourth-order valence-electron chi connectivity index (χ4n) is 3.62. The molecule has 4 N–H and O–H groups in total. The quantitative estimate of drug-likeness (QED) is 0.645. The van der Waals surface area contributed by atoms with Gasteiger partial charge in [-0.05, 0) is 43.0 Å². The summed E-state index contributed by atoms with van der Waals surface area (Å²) in [5.74, 6) is 2.29. The maximum atomic E-state index is 10.9. The van der Waals surface area contributed by atoms with Crippen molar-refractivity contribution in [2.45, 2.75) is 39.3 Å². The van der Waals surface area contributed by atoms with Crippen molar-refractivity contribution in [2.75, 3.05) is 19.0 Å². The van der Waals surface area contributed by atoms with E-state index < -0.39 is 11.6 Å². The van der Waals surface area contributed by atoms with Crippen LogP contribution in [0.2, 0.25) is 0 Å². The van der Waals surface area contributed by atoms with Crippen molar-refractivity contribution in [1.82, 2.24) is 4.98 Å². The van der Waals surface area contributed by atoms with Crippen molar-refractivity contribution in [3.8, 4) is 28.4 Å². The number of hydrogen-bond donors (Lipinski definition) is 3. The molecule has 1 aromatic heterocycles. The van der Waals surface area contributed by atoms with E-state index in [9.17, 15) is 4.79 Å². The van der Waals surface area contributed by atoms with Gasteiger partial charge in [-0.1, -0.05) is 13.8 Å². The standard InChI is InChI=1S/C21H27N3O5/c1-12(2)8-21(3,22)11-29-16-6-5-14-15-7-17(24-20(25)26)23-9-13(15)10-28-18(14)19(16)27-4/h5-7,9,12H,8,10-11,22H2,1-4H3,(H,23,24)(H,25,26). The van der Waals surface area contributed by atoms with E-state index in [0.29, 0.717) is 36.4 Å². The number of amides is 1. The first-order valence-corrected chi connectivity index (χ1v) is 9.45. The minimum absolute atomic E-state index is 0.246. The van der Waals surface area contributed by atoms with E-state index in [-0.39, 0.29) is 5.82 Å². The molecule has 8 nitrogen and oxygen atoms in total. The first-order chi connectivity index (χ1) is 13.7. The molecule has 1 amide bonds. The lowest BCUT2D eigenvalue weighted by molar-refractivity contribution is 0.196. The molecule has 1 atom stereocenters. The molecular formula is C21H27N3O5. The molecule has 2 aromatic rings. The van der Waals surface area contributed by atoms with E-state index in [0.717, 1.165) is 23.1 Å². The molecule has 0 fully saturated rings. The monoisotopic (exact) mass is 401 g/mol. The third-order valence-corrected chi connectivity index (χ3v) is 4.60. The molecule has 2 heterocycles. The number of methoxy groups -OCH3 is 1. The highest BCUT2D eigenvalue weighted by Crippen LogP contribution is 2.48. The number of nitrogens with zero attached hydrogens (tertiary/aromatic N) is 1. The predicted octanol–water partition coefficient (Wildman–Crippen LogP) is 3.88. The number of nitrogens with two attached hydrogens (primary N) is 1. The van der Waals surface area contributed by atoms with E-state index in [1.165, 1.54) is 0 Å². The third-order valence-electron chi connectivity index (χ3n) is 4.60. The average molecular weight is 401 g/mol. The summed E-state index contributed by atoms with van der Waals surface area (Å²) in [6.07, 6.45) is 1.26. The third kappa shape index (κ3) is 4.71. The Morgan fingerprint density at radius 1 is 1.41 bits per heavy atom. The number of benzene rings is 1. The summed E-state index contributed by atoms with van der Waals surface area (Å²) in [6, 6.07) is 5.36. The molecule has 1 aliphatic heterocycles. The van der Waals surface area contributed by atoms with Gasteiger partial charge in [-0.3, -0.25) is 5.32 Å². The van der Waals surface area contributed by atoms with Crippen LogP contribution in [0.3, 0.4) is 0 Å². The number of fused-ring (bicyclic) bond motifs is 3. The van der Waals surface area contributed by atoms with Crippen LogP contribution in [0.5, 0.6) is 17.2 Å². The number of carbonyl (C=O) groups is 1. The van der Waals surface area contributed by atoms with Gasteiger partial charge in [0.15, 0.2) is 11.5 Å². The zero-order chi connectivity index (χ0) is 21.2. The minimum atomic E-state index is -1.17. The zero-order valence-corrected chi connectivity index (χ0v) is 17.1. The van der Waals surface area contributed by atoms with Gasteiger partial charge in [-0.15, -0.1) is 0 Å². The van der Waals surface area contributed by atoms with Crippen LogP contribution in [0, 0.1) is 5.92 Å². The predicted molar refractivity (Wildman–Crippen MR) is 110 cm³/mol. The normalized spacial score (nSPS) is 14.3. The molecule has 156 valence electrons. The molecule has 3 rings (SSSR count). The number of ether oxygens (including phenoxy) is 3. The van der Waals surface area contributed by atoms with Crippen LogP contribution >= 0.6 is 0 Å². The van der Waals surface area contributed by atoms with Crippen LogP contribution in [0.1, 0.15) is 32.8 Å². The average Bonchev–Trinajstić information content (AvgIpc) is 2.64. The maximum absolute atomic E-state index is 10.9. The molecule has 0 aliphatic carbocycles. The number of carboxylic acid groups (broad SMARTS) is 1. The minimum Gasteiger partial charge on any atom is -0.490 e. The van der Waals surface area contributed by atoms with Crippen LogP contribution < -0.4 is 25.3 Å². The van der Waals surface area contributed by atoms with Crippen LogP contribution in [-0.4, -0.2) is 35.4 Å². The molecule has 0 spiro atoms. The summed E-state index contributed by atoms with van der Waals surface area (Å²) in [7, 11) is 1.56. The van der Waals surface area contributed by atoms with Gasteiger partial charge in [0.05, 0.1) is 7.11 Å². The Kier molecular flexibility index (Phi) is 5.83. The Hall–Kier alpha value is -3.00. The second kappa shape index (κ2) is 8.16. The van der Waals surface area contributed by atoms with Crippen LogP contribution in [0.4, 0.5) is 10.6 Å².